The van der Waals surface area contributed by atoms with Gasteiger partial charge in [0.25, 0.3) is 0 Å². The maximum absolute atomic E-state index is 11.7. The van der Waals surface area contributed by atoms with Gasteiger partial charge in [-0.05, 0) is 38.0 Å². The van der Waals surface area contributed by atoms with Gasteiger partial charge in [0.1, 0.15) is 0 Å². The molecule has 0 saturated heterocycles. The van der Waals surface area contributed by atoms with Crippen molar-refractivity contribution in [2.24, 2.45) is 5.73 Å². The predicted octanol–water partition coefficient (Wildman–Crippen LogP) is 2.27. The third-order valence-corrected chi connectivity index (χ3v) is 2.75. The second-order valence-electron chi connectivity index (χ2n) is 3.75. The molecule has 88 valence electrons. The van der Waals surface area contributed by atoms with Gasteiger partial charge in [0.15, 0.2) is 0 Å². The number of rotatable bonds is 3. The van der Waals surface area contributed by atoms with Crippen LogP contribution in [0.25, 0.3) is 0 Å². The van der Waals surface area contributed by atoms with E-state index in [4.69, 9.17) is 17.3 Å². The molecule has 16 heavy (non-hydrogen) atoms. The molecule has 0 aromatic heterocycles. The summed E-state index contributed by atoms with van der Waals surface area (Å²) < 4.78 is 0. The van der Waals surface area contributed by atoms with Crippen LogP contribution in [-0.2, 0) is 4.79 Å². The van der Waals surface area contributed by atoms with E-state index in [0.29, 0.717) is 11.6 Å². The zero-order valence-electron chi connectivity index (χ0n) is 9.88. The summed E-state index contributed by atoms with van der Waals surface area (Å²) in [6, 6.07) is 3.87. The number of anilines is 1. The van der Waals surface area contributed by atoms with Crippen LogP contribution >= 0.6 is 11.6 Å². The van der Waals surface area contributed by atoms with Crippen LogP contribution in [0.3, 0.4) is 0 Å². The molecule has 0 aliphatic carbocycles. The smallest absolute Gasteiger partial charge is 0.240 e. The molecule has 0 saturated carbocycles. The van der Waals surface area contributed by atoms with Gasteiger partial charge in [-0.2, -0.15) is 0 Å². The van der Waals surface area contributed by atoms with Crippen LogP contribution in [0.2, 0.25) is 5.02 Å². The van der Waals surface area contributed by atoms with Crippen LogP contribution < -0.4 is 10.6 Å². The highest BCUT2D eigenvalue weighted by molar-refractivity contribution is 6.34. The van der Waals surface area contributed by atoms with Gasteiger partial charge in [-0.1, -0.05) is 17.7 Å². The Bertz CT molecular complexity index is 381. The maximum Gasteiger partial charge on any atom is 0.240 e. The van der Waals surface area contributed by atoms with E-state index in [-0.39, 0.29) is 12.5 Å². The van der Waals surface area contributed by atoms with Gasteiger partial charge in [-0.3, -0.25) is 4.79 Å². The number of hydrogen-bond acceptors (Lipinski definition) is 2. The standard InChI is InChI=1S/C12H17ClN2O/c1-4-15(11(16)7-14)12-9(3)5-8(2)6-10(12)13/h5-6H,4,7,14H2,1-3H3. The largest absolute Gasteiger partial charge is 0.322 e. The number of amides is 1. The normalized spacial score (nSPS) is 10.3. The Labute approximate surface area is 101 Å². The fourth-order valence-electron chi connectivity index (χ4n) is 1.82. The molecule has 0 aliphatic heterocycles. The van der Waals surface area contributed by atoms with Gasteiger partial charge >= 0.3 is 0 Å². The Morgan fingerprint density at radius 2 is 2.06 bits per heavy atom. The second-order valence-corrected chi connectivity index (χ2v) is 4.16. The fraction of sp³-hybridized carbons (Fsp3) is 0.417. The molecule has 0 radical (unpaired) electrons. The summed E-state index contributed by atoms with van der Waals surface area (Å²) in [7, 11) is 0. The molecule has 1 amide bonds. The minimum atomic E-state index is -0.114. The van der Waals surface area contributed by atoms with Crippen molar-refractivity contribution in [3.05, 3.63) is 28.3 Å². The number of hydrogen-bond donors (Lipinski definition) is 1. The average Bonchev–Trinajstić information content (AvgIpc) is 2.22. The molecule has 0 aliphatic rings. The number of carbonyl (C=O) groups is 1. The number of halogens is 1. The van der Waals surface area contributed by atoms with E-state index in [1.807, 2.05) is 32.9 Å². The molecule has 0 unspecified atom stereocenters. The lowest BCUT2D eigenvalue weighted by Crippen LogP contribution is -2.36. The topological polar surface area (TPSA) is 46.3 Å². The Morgan fingerprint density at radius 3 is 2.50 bits per heavy atom. The van der Waals surface area contributed by atoms with Gasteiger partial charge < -0.3 is 10.6 Å². The molecule has 2 N–H and O–H groups in total. The molecule has 0 fully saturated rings. The summed E-state index contributed by atoms with van der Waals surface area (Å²) in [5.41, 5.74) is 8.23. The molecular weight excluding hydrogens is 224 g/mol. The summed E-state index contributed by atoms with van der Waals surface area (Å²) in [6.07, 6.45) is 0. The molecule has 0 atom stereocenters. The zero-order valence-corrected chi connectivity index (χ0v) is 10.6. The fourth-order valence-corrected chi connectivity index (χ4v) is 2.24. The number of likely N-dealkylation sites (N-methyl/N-ethyl adjacent to an activating group) is 1. The highest BCUT2D eigenvalue weighted by Gasteiger charge is 2.17. The van der Waals surface area contributed by atoms with Crippen molar-refractivity contribution in [2.75, 3.05) is 18.0 Å². The Kier molecular flexibility index (Phi) is 4.33. The van der Waals surface area contributed by atoms with Crippen molar-refractivity contribution in [1.29, 1.82) is 0 Å². The third kappa shape index (κ3) is 2.54. The lowest BCUT2D eigenvalue weighted by molar-refractivity contribution is -0.117. The van der Waals surface area contributed by atoms with Gasteiger partial charge in [0.2, 0.25) is 5.91 Å². The van der Waals surface area contributed by atoms with Crippen molar-refractivity contribution in [2.45, 2.75) is 20.8 Å². The lowest BCUT2D eigenvalue weighted by atomic mass is 10.1. The zero-order chi connectivity index (χ0) is 12.3. The first-order valence-corrected chi connectivity index (χ1v) is 5.66. The van der Waals surface area contributed by atoms with Gasteiger partial charge in [0.05, 0.1) is 17.3 Å². The van der Waals surface area contributed by atoms with E-state index in [1.165, 1.54) is 0 Å². The van der Waals surface area contributed by atoms with E-state index in [2.05, 4.69) is 0 Å². The van der Waals surface area contributed by atoms with Crippen molar-refractivity contribution in [3.63, 3.8) is 0 Å². The van der Waals surface area contributed by atoms with E-state index >= 15 is 0 Å². The molecule has 3 nitrogen and oxygen atoms in total. The molecule has 0 heterocycles. The maximum atomic E-state index is 11.7. The Balaban J connectivity index is 3.25. The highest BCUT2D eigenvalue weighted by atomic mass is 35.5. The monoisotopic (exact) mass is 240 g/mol. The van der Waals surface area contributed by atoms with Gasteiger partial charge in [0, 0.05) is 6.54 Å². The summed E-state index contributed by atoms with van der Waals surface area (Å²) in [6.45, 7) is 6.39. The minimum absolute atomic E-state index is 0.00249. The van der Waals surface area contributed by atoms with Crippen LogP contribution in [0.1, 0.15) is 18.1 Å². The van der Waals surface area contributed by atoms with Crippen LogP contribution in [0.5, 0.6) is 0 Å². The van der Waals surface area contributed by atoms with E-state index in [1.54, 1.807) is 4.90 Å². The predicted molar refractivity (Wildman–Crippen MR) is 68.0 cm³/mol. The van der Waals surface area contributed by atoms with Crippen LogP contribution in [0.4, 0.5) is 5.69 Å². The number of carbonyl (C=O) groups excluding carboxylic acids is 1. The van der Waals surface area contributed by atoms with Gasteiger partial charge in [-0.25, -0.2) is 0 Å². The van der Waals surface area contributed by atoms with Crippen LogP contribution in [0.15, 0.2) is 12.1 Å². The highest BCUT2D eigenvalue weighted by Crippen LogP contribution is 2.30. The number of nitrogens with zero attached hydrogens (tertiary/aromatic N) is 1. The van der Waals surface area contributed by atoms with Gasteiger partial charge in [-0.15, -0.1) is 0 Å². The van der Waals surface area contributed by atoms with Crippen molar-refractivity contribution < 1.29 is 4.79 Å². The van der Waals surface area contributed by atoms with Crippen LogP contribution in [0, 0.1) is 13.8 Å². The Hall–Kier alpha value is -1.06. The van der Waals surface area contributed by atoms with E-state index < -0.39 is 0 Å². The van der Waals surface area contributed by atoms with Crippen LogP contribution in [-0.4, -0.2) is 19.0 Å². The first-order chi connectivity index (χ1) is 7.51. The first kappa shape index (κ1) is 13.0. The Morgan fingerprint density at radius 1 is 1.44 bits per heavy atom. The van der Waals surface area contributed by atoms with Crippen molar-refractivity contribution in [1.82, 2.24) is 0 Å². The molecule has 0 spiro atoms. The quantitative estimate of drug-likeness (QED) is 0.881. The molecular formula is C12H17ClN2O. The third-order valence-electron chi connectivity index (χ3n) is 2.46. The first-order valence-electron chi connectivity index (χ1n) is 5.28. The summed E-state index contributed by atoms with van der Waals surface area (Å²) >= 11 is 6.17. The molecule has 1 aromatic rings. The number of nitrogens with two attached hydrogens (primary N) is 1. The van der Waals surface area contributed by atoms with E-state index in [9.17, 15) is 4.79 Å². The van der Waals surface area contributed by atoms with Crippen molar-refractivity contribution >= 4 is 23.2 Å². The molecule has 4 heteroatoms. The molecule has 1 aromatic carbocycles. The number of benzene rings is 1. The summed E-state index contributed by atoms with van der Waals surface area (Å²) in [5, 5.41) is 0.598. The summed E-state index contributed by atoms with van der Waals surface area (Å²) in [4.78, 5) is 13.3. The van der Waals surface area contributed by atoms with Crippen molar-refractivity contribution in [3.8, 4) is 0 Å². The lowest BCUT2D eigenvalue weighted by Gasteiger charge is -2.24. The SMILES string of the molecule is CCN(C(=O)CN)c1c(C)cc(C)cc1Cl. The minimum Gasteiger partial charge on any atom is -0.322 e. The molecule has 1 rings (SSSR count). The average molecular weight is 241 g/mol. The summed E-state index contributed by atoms with van der Waals surface area (Å²) in [5.74, 6) is -0.114. The molecule has 0 bridgehead atoms. The second kappa shape index (κ2) is 5.32. The van der Waals surface area contributed by atoms with E-state index in [0.717, 1.165) is 16.8 Å². The number of aryl methyl sites for hydroxylation is 2.